The molecular formula is C19H18N2O3. The van der Waals surface area contributed by atoms with E-state index in [9.17, 15) is 9.90 Å². The van der Waals surface area contributed by atoms with Gasteiger partial charge in [0.25, 0.3) is 0 Å². The lowest BCUT2D eigenvalue weighted by Crippen LogP contribution is -2.26. The average molecular weight is 322 g/mol. The fraction of sp³-hybridized carbons (Fsp3) is 0.158. The lowest BCUT2D eigenvalue weighted by molar-refractivity contribution is -0.116. The standard InChI is InChI=1S/C19H18N2O3/c1-24-17-7-3-6-16(11-17)18(22)13-21-19(23)9-8-14-4-2-5-15(10-14)12-20/h2-11,18,22H,13H2,1H3,(H,21,23)/b9-8+. The van der Waals surface area contributed by atoms with Gasteiger partial charge in [0.15, 0.2) is 0 Å². The van der Waals surface area contributed by atoms with Crippen LogP contribution in [0.25, 0.3) is 6.08 Å². The molecule has 2 aromatic carbocycles. The van der Waals surface area contributed by atoms with Gasteiger partial charge in [-0.15, -0.1) is 0 Å². The Morgan fingerprint density at radius 3 is 2.88 bits per heavy atom. The molecule has 2 aromatic rings. The number of nitrogens with zero attached hydrogens (tertiary/aromatic N) is 1. The first-order valence-corrected chi connectivity index (χ1v) is 7.40. The third kappa shape index (κ3) is 4.97. The molecule has 0 fully saturated rings. The fourth-order valence-corrected chi connectivity index (χ4v) is 2.11. The summed E-state index contributed by atoms with van der Waals surface area (Å²) in [5, 5.41) is 21.6. The van der Waals surface area contributed by atoms with Crippen LogP contribution in [0.5, 0.6) is 5.75 Å². The van der Waals surface area contributed by atoms with E-state index >= 15 is 0 Å². The molecule has 0 radical (unpaired) electrons. The van der Waals surface area contributed by atoms with Gasteiger partial charge in [0.2, 0.25) is 5.91 Å². The molecule has 1 amide bonds. The second kappa shape index (κ2) is 8.51. The predicted octanol–water partition coefficient (Wildman–Crippen LogP) is 2.43. The molecule has 0 heterocycles. The first-order valence-electron chi connectivity index (χ1n) is 7.40. The first kappa shape index (κ1) is 17.3. The van der Waals surface area contributed by atoms with Crippen LogP contribution in [0, 0.1) is 11.3 Å². The summed E-state index contributed by atoms with van der Waals surface area (Å²) in [5.41, 5.74) is 1.96. The molecule has 0 aliphatic carbocycles. The minimum absolute atomic E-state index is 0.0918. The summed E-state index contributed by atoms with van der Waals surface area (Å²) in [6.45, 7) is 0.0918. The van der Waals surface area contributed by atoms with Crippen LogP contribution in [0.3, 0.4) is 0 Å². The van der Waals surface area contributed by atoms with Crippen LogP contribution < -0.4 is 10.1 Å². The van der Waals surface area contributed by atoms with Crippen molar-refractivity contribution in [2.24, 2.45) is 0 Å². The highest BCUT2D eigenvalue weighted by Crippen LogP contribution is 2.18. The Labute approximate surface area is 140 Å². The highest BCUT2D eigenvalue weighted by Gasteiger charge is 2.09. The van der Waals surface area contributed by atoms with Crippen LogP contribution in [0.1, 0.15) is 22.8 Å². The molecule has 0 spiro atoms. The highest BCUT2D eigenvalue weighted by molar-refractivity contribution is 5.91. The molecule has 0 saturated heterocycles. The number of aliphatic hydroxyl groups excluding tert-OH is 1. The van der Waals surface area contributed by atoms with Gasteiger partial charge in [-0.05, 0) is 41.5 Å². The Hall–Kier alpha value is -3.10. The maximum Gasteiger partial charge on any atom is 0.244 e. The van der Waals surface area contributed by atoms with Crippen molar-refractivity contribution < 1.29 is 14.6 Å². The van der Waals surface area contributed by atoms with Crippen molar-refractivity contribution in [1.82, 2.24) is 5.32 Å². The van der Waals surface area contributed by atoms with Crippen molar-refractivity contribution in [3.63, 3.8) is 0 Å². The van der Waals surface area contributed by atoms with Crippen LogP contribution in [0.4, 0.5) is 0 Å². The average Bonchev–Trinajstić information content (AvgIpc) is 2.64. The number of carbonyl (C=O) groups is 1. The molecule has 122 valence electrons. The number of rotatable bonds is 6. The molecule has 0 aromatic heterocycles. The Balaban J connectivity index is 1.90. The summed E-state index contributed by atoms with van der Waals surface area (Å²) in [7, 11) is 1.55. The molecule has 24 heavy (non-hydrogen) atoms. The Kier molecular flexibility index (Phi) is 6.12. The second-order valence-corrected chi connectivity index (χ2v) is 5.11. The van der Waals surface area contributed by atoms with E-state index < -0.39 is 6.10 Å². The van der Waals surface area contributed by atoms with Crippen LogP contribution in [0.2, 0.25) is 0 Å². The first-order chi connectivity index (χ1) is 11.6. The number of nitriles is 1. The number of benzene rings is 2. The number of aliphatic hydroxyl groups is 1. The zero-order valence-corrected chi connectivity index (χ0v) is 13.3. The Morgan fingerprint density at radius 2 is 2.12 bits per heavy atom. The molecule has 2 N–H and O–H groups in total. The van der Waals surface area contributed by atoms with Gasteiger partial charge in [0.05, 0.1) is 24.8 Å². The molecule has 5 nitrogen and oxygen atoms in total. The van der Waals surface area contributed by atoms with Gasteiger partial charge in [0, 0.05) is 12.6 Å². The van der Waals surface area contributed by atoms with E-state index in [0.717, 1.165) is 5.56 Å². The van der Waals surface area contributed by atoms with Gasteiger partial charge >= 0.3 is 0 Å². The maximum absolute atomic E-state index is 11.8. The van der Waals surface area contributed by atoms with E-state index in [-0.39, 0.29) is 12.5 Å². The van der Waals surface area contributed by atoms with E-state index in [1.165, 1.54) is 6.08 Å². The fourth-order valence-electron chi connectivity index (χ4n) is 2.11. The van der Waals surface area contributed by atoms with Gasteiger partial charge in [-0.25, -0.2) is 0 Å². The minimum atomic E-state index is -0.820. The predicted molar refractivity (Wildman–Crippen MR) is 91.2 cm³/mol. The van der Waals surface area contributed by atoms with Crippen molar-refractivity contribution in [1.29, 1.82) is 5.26 Å². The molecule has 1 atom stereocenters. The van der Waals surface area contributed by atoms with Gasteiger partial charge < -0.3 is 15.2 Å². The van der Waals surface area contributed by atoms with Crippen molar-refractivity contribution in [3.8, 4) is 11.8 Å². The number of ether oxygens (including phenoxy) is 1. The number of amides is 1. The number of methoxy groups -OCH3 is 1. The van der Waals surface area contributed by atoms with Crippen molar-refractivity contribution in [2.45, 2.75) is 6.10 Å². The number of hydrogen-bond donors (Lipinski definition) is 2. The lowest BCUT2D eigenvalue weighted by atomic mass is 10.1. The smallest absolute Gasteiger partial charge is 0.244 e. The van der Waals surface area contributed by atoms with Gasteiger partial charge in [-0.2, -0.15) is 5.26 Å². The topological polar surface area (TPSA) is 82.3 Å². The molecule has 2 rings (SSSR count). The lowest BCUT2D eigenvalue weighted by Gasteiger charge is -2.12. The van der Waals surface area contributed by atoms with E-state index in [1.54, 1.807) is 61.7 Å². The number of nitrogens with one attached hydrogen (secondary N) is 1. The van der Waals surface area contributed by atoms with Gasteiger partial charge in [-0.3, -0.25) is 4.79 Å². The van der Waals surface area contributed by atoms with Crippen LogP contribution >= 0.6 is 0 Å². The maximum atomic E-state index is 11.8. The van der Waals surface area contributed by atoms with Crippen molar-refractivity contribution >= 4 is 12.0 Å². The van der Waals surface area contributed by atoms with Crippen LogP contribution in [0.15, 0.2) is 54.6 Å². The van der Waals surface area contributed by atoms with E-state index in [4.69, 9.17) is 10.00 Å². The molecule has 1 unspecified atom stereocenters. The second-order valence-electron chi connectivity index (χ2n) is 5.11. The van der Waals surface area contributed by atoms with Crippen LogP contribution in [-0.4, -0.2) is 24.7 Å². The van der Waals surface area contributed by atoms with Crippen molar-refractivity contribution in [2.75, 3.05) is 13.7 Å². The third-order valence-corrected chi connectivity index (χ3v) is 3.39. The highest BCUT2D eigenvalue weighted by atomic mass is 16.5. The zero-order valence-electron chi connectivity index (χ0n) is 13.3. The summed E-state index contributed by atoms with van der Waals surface area (Å²) in [6, 6.07) is 16.0. The summed E-state index contributed by atoms with van der Waals surface area (Å²) in [5.74, 6) is 0.328. The van der Waals surface area contributed by atoms with Gasteiger partial charge in [-0.1, -0.05) is 24.3 Å². The quantitative estimate of drug-likeness (QED) is 0.800. The van der Waals surface area contributed by atoms with Crippen LogP contribution in [-0.2, 0) is 4.79 Å². The van der Waals surface area contributed by atoms with E-state index in [0.29, 0.717) is 16.9 Å². The molecule has 0 bridgehead atoms. The van der Waals surface area contributed by atoms with E-state index in [1.807, 2.05) is 6.07 Å². The summed E-state index contributed by atoms with van der Waals surface area (Å²) in [6.07, 6.45) is 2.17. The summed E-state index contributed by atoms with van der Waals surface area (Å²) in [4.78, 5) is 11.8. The molecular weight excluding hydrogens is 304 g/mol. The van der Waals surface area contributed by atoms with Crippen molar-refractivity contribution in [3.05, 3.63) is 71.3 Å². The number of hydrogen-bond acceptors (Lipinski definition) is 4. The zero-order chi connectivity index (χ0) is 17.4. The summed E-state index contributed by atoms with van der Waals surface area (Å²) >= 11 is 0. The molecule has 0 aliphatic heterocycles. The third-order valence-electron chi connectivity index (χ3n) is 3.39. The Morgan fingerprint density at radius 1 is 1.33 bits per heavy atom. The summed E-state index contributed by atoms with van der Waals surface area (Å²) < 4.78 is 5.10. The normalized spacial score (nSPS) is 11.7. The van der Waals surface area contributed by atoms with E-state index in [2.05, 4.69) is 5.32 Å². The monoisotopic (exact) mass is 322 g/mol. The molecule has 0 aliphatic rings. The van der Waals surface area contributed by atoms with Gasteiger partial charge in [0.1, 0.15) is 5.75 Å². The number of carbonyl (C=O) groups excluding carboxylic acids is 1. The SMILES string of the molecule is COc1cccc(C(O)CNC(=O)/C=C/c2cccc(C#N)c2)c1. The minimum Gasteiger partial charge on any atom is -0.497 e. The Bertz CT molecular complexity index is 778. The molecule has 5 heteroatoms. The largest absolute Gasteiger partial charge is 0.497 e. The molecule has 0 saturated carbocycles.